The Kier molecular flexibility index (Phi) is 4.71. The van der Waals surface area contributed by atoms with Gasteiger partial charge in [-0.25, -0.2) is 9.97 Å². The van der Waals surface area contributed by atoms with Crippen LogP contribution in [0.4, 0.5) is 0 Å². The molecule has 2 heterocycles. The van der Waals surface area contributed by atoms with Crippen LogP contribution in [0.15, 0.2) is 60.9 Å². The first-order valence-electron chi connectivity index (χ1n) is 9.39. The topological polar surface area (TPSA) is 46.1 Å². The van der Waals surface area contributed by atoms with Crippen LogP contribution >= 0.6 is 0 Å². The van der Waals surface area contributed by atoms with E-state index in [0.717, 1.165) is 24.9 Å². The van der Waals surface area contributed by atoms with Crippen LogP contribution in [0.2, 0.25) is 0 Å². The summed E-state index contributed by atoms with van der Waals surface area (Å²) in [6.07, 6.45) is 5.31. The van der Waals surface area contributed by atoms with E-state index in [1.807, 2.05) is 35.2 Å². The molecule has 1 atom stereocenters. The van der Waals surface area contributed by atoms with Crippen molar-refractivity contribution in [3.05, 3.63) is 83.2 Å². The highest BCUT2D eigenvalue weighted by atomic mass is 16.2. The van der Waals surface area contributed by atoms with Crippen LogP contribution in [0, 0.1) is 13.8 Å². The summed E-state index contributed by atoms with van der Waals surface area (Å²) >= 11 is 0. The molecule has 136 valence electrons. The van der Waals surface area contributed by atoms with Gasteiger partial charge < -0.3 is 4.90 Å². The summed E-state index contributed by atoms with van der Waals surface area (Å²) in [5, 5.41) is 0. The average Bonchev–Trinajstić information content (AvgIpc) is 3.20. The Balaban J connectivity index is 1.57. The van der Waals surface area contributed by atoms with Crippen molar-refractivity contribution in [3.63, 3.8) is 0 Å². The third-order valence-electron chi connectivity index (χ3n) is 5.36. The van der Waals surface area contributed by atoms with E-state index in [2.05, 4.69) is 42.0 Å². The van der Waals surface area contributed by atoms with E-state index in [9.17, 15) is 4.79 Å². The number of nitrogens with zero attached hydrogens (tertiary/aromatic N) is 3. The summed E-state index contributed by atoms with van der Waals surface area (Å²) in [6, 6.07) is 16.4. The first-order valence-corrected chi connectivity index (χ1v) is 9.39. The van der Waals surface area contributed by atoms with Crippen LogP contribution in [-0.2, 0) is 0 Å². The van der Waals surface area contributed by atoms with Crippen molar-refractivity contribution in [1.29, 1.82) is 0 Å². The minimum atomic E-state index is 0.00957. The zero-order valence-electron chi connectivity index (χ0n) is 15.7. The molecule has 0 spiro atoms. The lowest BCUT2D eigenvalue weighted by molar-refractivity contribution is 0.0734. The third-order valence-corrected chi connectivity index (χ3v) is 5.36. The average molecular weight is 357 g/mol. The van der Waals surface area contributed by atoms with Gasteiger partial charge >= 0.3 is 0 Å². The molecule has 4 nitrogen and oxygen atoms in total. The van der Waals surface area contributed by atoms with E-state index in [0.29, 0.717) is 11.4 Å². The SMILES string of the molecule is Cc1ccc(C2CCCN2C(=O)c2cnc(-c3ccccc3)nc2)cc1C. The molecule has 1 aromatic heterocycles. The zero-order valence-corrected chi connectivity index (χ0v) is 15.7. The van der Waals surface area contributed by atoms with E-state index in [4.69, 9.17) is 0 Å². The van der Waals surface area contributed by atoms with Crippen LogP contribution in [0.25, 0.3) is 11.4 Å². The summed E-state index contributed by atoms with van der Waals surface area (Å²) in [5.74, 6) is 0.648. The van der Waals surface area contributed by atoms with Crippen molar-refractivity contribution in [2.75, 3.05) is 6.54 Å². The third kappa shape index (κ3) is 3.47. The number of rotatable bonds is 3. The van der Waals surface area contributed by atoms with Crippen molar-refractivity contribution < 1.29 is 4.79 Å². The van der Waals surface area contributed by atoms with Crippen LogP contribution in [0.5, 0.6) is 0 Å². The predicted octanol–water partition coefficient (Wildman–Crippen LogP) is 4.74. The van der Waals surface area contributed by atoms with Gasteiger partial charge in [0, 0.05) is 24.5 Å². The van der Waals surface area contributed by atoms with Gasteiger partial charge in [-0.3, -0.25) is 4.79 Å². The van der Waals surface area contributed by atoms with Crippen LogP contribution < -0.4 is 0 Å². The van der Waals surface area contributed by atoms with Gasteiger partial charge in [-0.15, -0.1) is 0 Å². The largest absolute Gasteiger partial charge is 0.332 e. The molecule has 1 aliphatic rings. The fourth-order valence-electron chi connectivity index (χ4n) is 3.67. The second-order valence-electron chi connectivity index (χ2n) is 7.16. The highest BCUT2D eigenvalue weighted by Gasteiger charge is 2.31. The van der Waals surface area contributed by atoms with Crippen LogP contribution in [0.1, 0.15) is 45.9 Å². The number of likely N-dealkylation sites (tertiary alicyclic amines) is 1. The molecule has 0 saturated carbocycles. The van der Waals surface area contributed by atoms with Crippen LogP contribution in [0.3, 0.4) is 0 Å². The monoisotopic (exact) mass is 357 g/mol. The predicted molar refractivity (Wildman–Crippen MR) is 106 cm³/mol. The highest BCUT2D eigenvalue weighted by Crippen LogP contribution is 2.33. The molecule has 0 radical (unpaired) electrons. The molecular weight excluding hydrogens is 334 g/mol. The first kappa shape index (κ1) is 17.4. The van der Waals surface area contributed by atoms with E-state index < -0.39 is 0 Å². The molecule has 4 heteroatoms. The van der Waals surface area contributed by atoms with E-state index in [1.165, 1.54) is 16.7 Å². The molecule has 4 rings (SSSR count). The van der Waals surface area contributed by atoms with Gasteiger partial charge in [0.05, 0.1) is 11.6 Å². The fraction of sp³-hybridized carbons (Fsp3) is 0.261. The number of hydrogen-bond acceptors (Lipinski definition) is 3. The van der Waals surface area contributed by atoms with Gasteiger partial charge in [0.2, 0.25) is 0 Å². The molecule has 0 aliphatic carbocycles. The lowest BCUT2D eigenvalue weighted by Crippen LogP contribution is -2.30. The minimum Gasteiger partial charge on any atom is -0.332 e. The van der Waals surface area contributed by atoms with Gasteiger partial charge in [-0.05, 0) is 43.4 Å². The maximum Gasteiger partial charge on any atom is 0.257 e. The maximum absolute atomic E-state index is 13.1. The molecule has 3 aromatic rings. The van der Waals surface area contributed by atoms with Crippen molar-refractivity contribution in [1.82, 2.24) is 14.9 Å². The van der Waals surface area contributed by atoms with Gasteiger partial charge in [0.15, 0.2) is 5.82 Å². The Morgan fingerprint density at radius 3 is 2.44 bits per heavy atom. The number of carbonyl (C=O) groups excluding carboxylic acids is 1. The van der Waals surface area contributed by atoms with Crippen molar-refractivity contribution in [2.45, 2.75) is 32.7 Å². The Hall–Kier alpha value is -3.01. The molecule has 27 heavy (non-hydrogen) atoms. The molecule has 2 aromatic carbocycles. The van der Waals surface area contributed by atoms with E-state index in [1.54, 1.807) is 12.4 Å². The van der Waals surface area contributed by atoms with Gasteiger partial charge in [-0.1, -0.05) is 48.5 Å². The molecule has 1 aliphatic heterocycles. The number of hydrogen-bond donors (Lipinski definition) is 0. The van der Waals surface area contributed by atoms with E-state index in [-0.39, 0.29) is 11.9 Å². The first-order chi connectivity index (χ1) is 13.1. The molecule has 1 saturated heterocycles. The van der Waals surface area contributed by atoms with Crippen molar-refractivity contribution in [3.8, 4) is 11.4 Å². The fourth-order valence-corrected chi connectivity index (χ4v) is 3.67. The lowest BCUT2D eigenvalue weighted by Gasteiger charge is -2.25. The summed E-state index contributed by atoms with van der Waals surface area (Å²) < 4.78 is 0. The van der Waals surface area contributed by atoms with Gasteiger partial charge in [0.1, 0.15) is 0 Å². The summed E-state index contributed by atoms with van der Waals surface area (Å²) in [5.41, 5.74) is 5.25. The number of aromatic nitrogens is 2. The second kappa shape index (κ2) is 7.31. The minimum absolute atomic E-state index is 0.00957. The number of amides is 1. The highest BCUT2D eigenvalue weighted by molar-refractivity contribution is 5.94. The normalized spacial score (nSPS) is 16.5. The summed E-state index contributed by atoms with van der Waals surface area (Å²) in [6.45, 7) is 5.01. The Morgan fingerprint density at radius 2 is 1.74 bits per heavy atom. The Labute approximate surface area is 159 Å². The zero-order chi connectivity index (χ0) is 18.8. The number of aryl methyl sites for hydroxylation is 2. The molecule has 1 fully saturated rings. The summed E-state index contributed by atoms with van der Waals surface area (Å²) in [4.78, 5) is 23.9. The summed E-state index contributed by atoms with van der Waals surface area (Å²) in [7, 11) is 0. The second-order valence-corrected chi connectivity index (χ2v) is 7.16. The lowest BCUT2D eigenvalue weighted by atomic mass is 9.99. The molecule has 0 bridgehead atoms. The van der Waals surface area contributed by atoms with Gasteiger partial charge in [0.25, 0.3) is 5.91 Å². The van der Waals surface area contributed by atoms with Crippen molar-refractivity contribution >= 4 is 5.91 Å². The molecule has 1 amide bonds. The number of benzene rings is 2. The smallest absolute Gasteiger partial charge is 0.257 e. The van der Waals surface area contributed by atoms with E-state index >= 15 is 0 Å². The maximum atomic E-state index is 13.1. The molecule has 1 unspecified atom stereocenters. The van der Waals surface area contributed by atoms with Crippen LogP contribution in [-0.4, -0.2) is 27.3 Å². The Bertz CT molecular complexity index is 951. The molecular formula is C23H23N3O. The van der Waals surface area contributed by atoms with Gasteiger partial charge in [-0.2, -0.15) is 0 Å². The molecule has 0 N–H and O–H groups in total. The quantitative estimate of drug-likeness (QED) is 0.680. The number of carbonyl (C=O) groups is 1. The van der Waals surface area contributed by atoms with Crippen molar-refractivity contribution in [2.24, 2.45) is 0 Å². The standard InChI is InChI=1S/C23H23N3O/c1-16-10-11-19(13-17(16)2)21-9-6-12-26(21)23(27)20-14-24-22(25-15-20)18-7-4-3-5-8-18/h3-5,7-8,10-11,13-15,21H,6,9,12H2,1-2H3. The Morgan fingerprint density at radius 1 is 1.00 bits per heavy atom.